The zero-order valence-electron chi connectivity index (χ0n) is 50.8. The van der Waals surface area contributed by atoms with Gasteiger partial charge in [0.2, 0.25) is 0 Å². The van der Waals surface area contributed by atoms with Crippen LogP contribution in [0.25, 0.3) is 84.5 Å². The Bertz CT molecular complexity index is 5020. The molecule has 0 aliphatic carbocycles. The van der Waals surface area contributed by atoms with Gasteiger partial charge in [0.15, 0.2) is 0 Å². The highest BCUT2D eigenvalue weighted by Crippen LogP contribution is 2.38. The summed E-state index contributed by atoms with van der Waals surface area (Å²) in [5.41, 5.74) is 17.5. The molecule has 3 aliphatic heterocycles. The number of nitriles is 2. The van der Waals surface area contributed by atoms with Gasteiger partial charge in [0.25, 0.3) is 5.91 Å². The summed E-state index contributed by atoms with van der Waals surface area (Å²) in [4.78, 5) is 75.5. The number of ether oxygens (including phenoxy) is 3. The van der Waals surface area contributed by atoms with Crippen LogP contribution in [-0.4, -0.2) is 131 Å². The zero-order chi connectivity index (χ0) is 66.6. The standard InChI is InChI=1S/C22H19FN6O3.C22H17FN6O2.C20H15FN6.C2H3ClO2/c1-32-22(31)27-8-9-28-18(12-27)26-19(13-2-5-15(23)6-3-13)20(28)14-4-7-17-25-10-16(21(24)30)29(17)11-14;1-31-22(30)27-8-9-28-19(13-27)26-20(14-2-5-16(23)6-3-14)21(28)15-4-7-18-25-11-17(10-24)29(18)12-15;21-15-4-1-13(2-5-15)19-20(26-8-7-23-11-18(26)25-19)14-3-6-17-24-10-16(9-22)27(17)12-14;1-5-2(3)4/h2-7,10-11H,8-9,12H2,1H3,(H2,24,30);2-7,11-12H,8-9,13H2,1H3;1-6,10,12,23H,7-8,11H2;1H3. The molecule has 0 unspecified atom stereocenters. The molecule has 0 saturated carbocycles. The van der Waals surface area contributed by atoms with Crippen molar-refractivity contribution in [1.29, 1.82) is 10.5 Å². The first kappa shape index (κ1) is 63.0. The predicted molar refractivity (Wildman–Crippen MR) is 339 cm³/mol. The number of methoxy groups -OCH3 is 3. The quantitative estimate of drug-likeness (QED) is 0.111. The fourth-order valence-corrected chi connectivity index (χ4v) is 11.5. The molecule has 0 atom stereocenters. The number of amides is 3. The molecule has 0 saturated heterocycles. The maximum Gasteiger partial charge on any atom is 0.409 e. The Morgan fingerprint density at radius 2 is 0.853 bits per heavy atom. The van der Waals surface area contributed by atoms with Gasteiger partial charge in [0.1, 0.15) is 81.1 Å². The smallest absolute Gasteiger partial charge is 0.409 e. The fourth-order valence-electron chi connectivity index (χ4n) is 11.5. The van der Waals surface area contributed by atoms with Crippen LogP contribution < -0.4 is 11.1 Å². The van der Waals surface area contributed by atoms with Crippen LogP contribution in [0.4, 0.5) is 27.6 Å². The van der Waals surface area contributed by atoms with E-state index in [1.807, 2.05) is 47.3 Å². The summed E-state index contributed by atoms with van der Waals surface area (Å²) >= 11 is 4.60. The highest BCUT2D eigenvalue weighted by atomic mass is 35.5. The molecule has 478 valence electrons. The van der Waals surface area contributed by atoms with Gasteiger partial charge in [-0.05, 0) is 109 Å². The second-order valence-corrected chi connectivity index (χ2v) is 21.8. The number of primary amides is 1. The molecule has 95 heavy (non-hydrogen) atoms. The van der Waals surface area contributed by atoms with Crippen LogP contribution in [0.1, 0.15) is 39.3 Å². The molecule has 12 aromatic rings. The van der Waals surface area contributed by atoms with E-state index in [-0.39, 0.29) is 29.7 Å². The SMILES string of the molecule is COC(=O)Cl.COC(=O)N1CCn2c(nc(-c3ccc(F)cc3)c2-c2ccc3ncc(C#N)n3c2)C1.COC(=O)N1CCn2c(nc(-c3ccc(F)cc3)c2-c2ccc3ncc(C(N)=O)n3c2)C1.N#Cc1cnc2ccc(-c3c(-c4ccc(F)cc4)nc4n3CCNC4)cn12. The maximum absolute atomic E-state index is 13.6. The Morgan fingerprint density at radius 3 is 1.23 bits per heavy atom. The molecule has 3 amide bonds. The average molecular weight is 1300 g/mol. The summed E-state index contributed by atoms with van der Waals surface area (Å²) in [5, 5.41) is 22.0. The van der Waals surface area contributed by atoms with E-state index in [0.29, 0.717) is 85.0 Å². The third-order valence-electron chi connectivity index (χ3n) is 16.0. The van der Waals surface area contributed by atoms with E-state index in [2.05, 4.69) is 57.9 Å². The van der Waals surface area contributed by atoms with Crippen molar-refractivity contribution in [2.45, 2.75) is 39.3 Å². The number of hydrogen-bond acceptors (Lipinski definition) is 16. The summed E-state index contributed by atoms with van der Waals surface area (Å²) in [5.74, 6) is 0.796. The number of nitrogens with zero attached hydrogens (tertiary/aromatic N) is 16. The third-order valence-corrected chi connectivity index (χ3v) is 16.1. The molecule has 9 aromatic heterocycles. The molecule has 0 spiro atoms. The lowest BCUT2D eigenvalue weighted by atomic mass is 10.1. The van der Waals surface area contributed by atoms with Crippen molar-refractivity contribution in [3.63, 3.8) is 0 Å². The number of aromatic nitrogens is 12. The Labute approximate surface area is 542 Å². The van der Waals surface area contributed by atoms with Crippen LogP contribution in [0.5, 0.6) is 0 Å². The van der Waals surface area contributed by atoms with Gasteiger partial charge in [0.05, 0.1) is 93.7 Å². The van der Waals surface area contributed by atoms with Crippen molar-refractivity contribution >= 4 is 52.1 Å². The largest absolute Gasteiger partial charge is 0.457 e. The molecule has 29 heteroatoms. The van der Waals surface area contributed by atoms with Crippen LogP contribution in [0, 0.1) is 40.1 Å². The van der Waals surface area contributed by atoms with Crippen molar-refractivity contribution in [2.75, 3.05) is 41.0 Å². The lowest BCUT2D eigenvalue weighted by molar-refractivity contribution is 0.0994. The minimum atomic E-state index is -0.773. The number of carbonyl (C=O) groups is 4. The highest BCUT2D eigenvalue weighted by Gasteiger charge is 2.31. The predicted octanol–water partition coefficient (Wildman–Crippen LogP) is 10.1. The molecule has 0 fully saturated rings. The minimum Gasteiger partial charge on any atom is -0.457 e. The van der Waals surface area contributed by atoms with Crippen LogP contribution in [0.15, 0.2) is 146 Å². The number of nitrogens with one attached hydrogen (secondary N) is 1. The maximum atomic E-state index is 13.6. The van der Waals surface area contributed by atoms with Gasteiger partial charge >= 0.3 is 17.6 Å². The first-order valence-electron chi connectivity index (χ1n) is 29.2. The molecule has 25 nitrogen and oxygen atoms in total. The van der Waals surface area contributed by atoms with Crippen molar-refractivity contribution in [3.05, 3.63) is 198 Å². The number of benzene rings is 3. The number of carbonyl (C=O) groups excluding carboxylic acids is 4. The second kappa shape index (κ2) is 27.0. The van der Waals surface area contributed by atoms with Crippen molar-refractivity contribution < 1.29 is 46.6 Å². The number of nitrogens with two attached hydrogens (primary N) is 1. The van der Waals surface area contributed by atoms with E-state index in [0.717, 1.165) is 80.7 Å². The van der Waals surface area contributed by atoms with Crippen molar-refractivity contribution in [1.82, 2.24) is 71.9 Å². The van der Waals surface area contributed by atoms with E-state index in [1.165, 1.54) is 70.1 Å². The normalized spacial score (nSPS) is 12.9. The van der Waals surface area contributed by atoms with Crippen molar-refractivity contribution in [3.8, 4) is 79.7 Å². The van der Waals surface area contributed by atoms with E-state index in [4.69, 9.17) is 30.2 Å². The van der Waals surface area contributed by atoms with Gasteiger partial charge in [-0.1, -0.05) is 0 Å². The van der Waals surface area contributed by atoms with Crippen LogP contribution in [0.3, 0.4) is 0 Å². The molecule has 3 aromatic carbocycles. The molecule has 12 heterocycles. The van der Waals surface area contributed by atoms with Gasteiger partial charge in [0, 0.05) is 103 Å². The summed E-state index contributed by atoms with van der Waals surface area (Å²) in [6.07, 6.45) is 9.25. The van der Waals surface area contributed by atoms with Gasteiger partial charge in [-0.3, -0.25) is 27.8 Å². The first-order chi connectivity index (χ1) is 46.1. The third kappa shape index (κ3) is 12.7. The topological polar surface area (TPSA) is 293 Å². The molecule has 3 N–H and O–H groups in total. The number of pyridine rings is 3. The molecule has 3 aliphatic rings. The summed E-state index contributed by atoms with van der Waals surface area (Å²) in [7, 11) is 3.91. The van der Waals surface area contributed by atoms with E-state index >= 15 is 0 Å². The Balaban J connectivity index is 0.000000132. The lowest BCUT2D eigenvalue weighted by Gasteiger charge is -2.27. The number of halogens is 4. The minimum absolute atomic E-state index is 0.264. The van der Waals surface area contributed by atoms with Crippen LogP contribution >= 0.6 is 11.6 Å². The highest BCUT2D eigenvalue weighted by molar-refractivity contribution is 6.61. The summed E-state index contributed by atoms with van der Waals surface area (Å²) in [6, 6.07) is 34.3. The molecular formula is C66H54ClF3N18O7. The number of hydrogen-bond donors (Lipinski definition) is 2. The zero-order valence-corrected chi connectivity index (χ0v) is 51.6. The van der Waals surface area contributed by atoms with Crippen LogP contribution in [-0.2, 0) is 53.5 Å². The molecule has 15 rings (SSSR count). The first-order valence-corrected chi connectivity index (χ1v) is 29.6. The van der Waals surface area contributed by atoms with Gasteiger partial charge in [-0.15, -0.1) is 0 Å². The second-order valence-electron chi connectivity index (χ2n) is 21.5. The van der Waals surface area contributed by atoms with E-state index < -0.39 is 23.5 Å². The van der Waals surface area contributed by atoms with Crippen molar-refractivity contribution in [2.24, 2.45) is 5.73 Å². The number of rotatable bonds is 7. The molecule has 0 radical (unpaired) electrons. The average Bonchev–Trinajstić information content (AvgIpc) is 1.62. The Hall–Kier alpha value is -12.1. The number of imidazole rings is 6. The van der Waals surface area contributed by atoms with Crippen LogP contribution in [0.2, 0.25) is 0 Å². The van der Waals surface area contributed by atoms with E-state index in [9.17, 15) is 42.9 Å². The summed E-state index contributed by atoms with van der Waals surface area (Å²) in [6.45, 7) is 4.87. The Kier molecular flexibility index (Phi) is 17.9. The monoisotopic (exact) mass is 1300 g/mol. The van der Waals surface area contributed by atoms with E-state index in [1.54, 1.807) is 77.9 Å². The Morgan fingerprint density at radius 1 is 0.495 bits per heavy atom. The lowest BCUT2D eigenvalue weighted by Crippen LogP contribution is -2.38. The number of fused-ring (bicyclic) bond motifs is 6. The van der Waals surface area contributed by atoms with Gasteiger partial charge in [-0.25, -0.2) is 57.5 Å². The van der Waals surface area contributed by atoms with Gasteiger partial charge in [-0.2, -0.15) is 10.5 Å². The fraction of sp³-hybridized carbons (Fsp3) is 0.182. The summed E-state index contributed by atoms with van der Waals surface area (Å²) < 4.78 is 65.5. The van der Waals surface area contributed by atoms with Gasteiger partial charge < -0.3 is 39.0 Å². The molecular weight excluding hydrogens is 1250 g/mol. The molecule has 0 bridgehead atoms.